The largest absolute Gasteiger partial charge is 0.354 e. The number of aromatic nitrogens is 1. The van der Waals surface area contributed by atoms with E-state index in [2.05, 4.69) is 188 Å². The molecule has 47 heavy (non-hydrogen) atoms. The zero-order chi connectivity index (χ0) is 31.5. The lowest BCUT2D eigenvalue weighted by Crippen LogP contribution is -2.17. The topological polar surface area (TPSA) is 19.0 Å². The van der Waals surface area contributed by atoms with Crippen molar-refractivity contribution in [2.45, 2.75) is 19.3 Å². The van der Waals surface area contributed by atoms with Crippen LogP contribution in [0.3, 0.4) is 0 Å². The van der Waals surface area contributed by atoms with Gasteiger partial charge in [0.1, 0.15) is 0 Å². The molecule has 0 aliphatic heterocycles. The lowest BCUT2D eigenvalue weighted by Gasteiger charge is -2.29. The SMILES string of the molecule is CC1(C)c2cc(-c3cccc4c3[nH]c3ccccc34)ccc2-c2c(-c3ccccc3)cc(N(c3ccccc3)c3ccccc3)cc21. The lowest BCUT2D eigenvalue weighted by atomic mass is 9.80. The molecule has 1 N–H and O–H groups in total. The first-order chi connectivity index (χ1) is 23.1. The fourth-order valence-electron chi connectivity index (χ4n) is 7.69. The van der Waals surface area contributed by atoms with Crippen molar-refractivity contribution in [3.63, 3.8) is 0 Å². The third kappa shape index (κ3) is 4.33. The summed E-state index contributed by atoms with van der Waals surface area (Å²) in [5.74, 6) is 0. The standard InChI is InChI=1S/C45H34N2/c1-45(2)40-27-31(35-22-14-23-37-36-21-12-13-24-42(36)46-44(35)37)25-26-38(40)43-39(30-15-6-3-7-16-30)28-34(29-41(43)45)47(32-17-8-4-9-18-32)33-19-10-5-11-20-33/h3-29,46H,1-2H3. The Hall–Kier alpha value is -5.86. The van der Waals surface area contributed by atoms with Gasteiger partial charge in [-0.3, -0.25) is 0 Å². The van der Waals surface area contributed by atoms with Crippen LogP contribution in [-0.2, 0) is 5.41 Å². The molecule has 0 spiro atoms. The van der Waals surface area contributed by atoms with E-state index >= 15 is 0 Å². The Morgan fingerprint density at radius 3 is 1.81 bits per heavy atom. The summed E-state index contributed by atoms with van der Waals surface area (Å²) in [5.41, 5.74) is 15.9. The summed E-state index contributed by atoms with van der Waals surface area (Å²) in [4.78, 5) is 6.11. The summed E-state index contributed by atoms with van der Waals surface area (Å²) in [6, 6.07) is 59.5. The van der Waals surface area contributed by atoms with Gasteiger partial charge in [0.15, 0.2) is 0 Å². The number of nitrogens with one attached hydrogen (secondary N) is 1. The van der Waals surface area contributed by atoms with Gasteiger partial charge in [0.05, 0.1) is 5.52 Å². The first-order valence-corrected chi connectivity index (χ1v) is 16.4. The van der Waals surface area contributed by atoms with Crippen LogP contribution < -0.4 is 4.90 Å². The Bertz CT molecular complexity index is 2380. The number of H-pyrrole nitrogens is 1. The Balaban J connectivity index is 1.27. The molecule has 1 aliphatic carbocycles. The summed E-state index contributed by atoms with van der Waals surface area (Å²) in [7, 11) is 0. The third-order valence-electron chi connectivity index (χ3n) is 9.98. The maximum absolute atomic E-state index is 3.73. The first kappa shape index (κ1) is 27.5. The molecule has 1 aromatic heterocycles. The number of aromatic amines is 1. The van der Waals surface area contributed by atoms with Crippen LogP contribution in [0.25, 0.3) is 55.2 Å². The Morgan fingerprint density at radius 1 is 0.447 bits per heavy atom. The molecule has 2 nitrogen and oxygen atoms in total. The van der Waals surface area contributed by atoms with Crippen LogP contribution in [0.15, 0.2) is 164 Å². The highest BCUT2D eigenvalue weighted by atomic mass is 15.1. The predicted octanol–water partition coefficient (Wildman–Crippen LogP) is 12.4. The molecule has 1 heterocycles. The molecule has 0 amide bonds. The van der Waals surface area contributed by atoms with Gasteiger partial charge >= 0.3 is 0 Å². The summed E-state index contributed by atoms with van der Waals surface area (Å²) in [6.07, 6.45) is 0. The molecule has 8 aromatic rings. The highest BCUT2D eigenvalue weighted by Gasteiger charge is 2.38. The Labute approximate surface area is 275 Å². The van der Waals surface area contributed by atoms with E-state index < -0.39 is 0 Å². The highest BCUT2D eigenvalue weighted by molar-refractivity contribution is 6.12. The van der Waals surface area contributed by atoms with Crippen LogP contribution in [0, 0.1) is 0 Å². The van der Waals surface area contributed by atoms with Crippen LogP contribution in [0.2, 0.25) is 0 Å². The van der Waals surface area contributed by atoms with Crippen molar-refractivity contribution in [2.75, 3.05) is 4.90 Å². The van der Waals surface area contributed by atoms with E-state index in [1.165, 1.54) is 66.3 Å². The van der Waals surface area contributed by atoms with E-state index in [1.54, 1.807) is 0 Å². The van der Waals surface area contributed by atoms with Gasteiger partial charge in [0.25, 0.3) is 0 Å². The number of anilines is 3. The van der Waals surface area contributed by atoms with Gasteiger partial charge in [0.2, 0.25) is 0 Å². The minimum Gasteiger partial charge on any atom is -0.354 e. The fourth-order valence-corrected chi connectivity index (χ4v) is 7.69. The zero-order valence-electron chi connectivity index (χ0n) is 26.5. The molecule has 2 heteroatoms. The van der Waals surface area contributed by atoms with Crippen molar-refractivity contribution in [3.05, 3.63) is 175 Å². The Kier molecular flexibility index (Phi) is 6.20. The lowest BCUT2D eigenvalue weighted by molar-refractivity contribution is 0.661. The van der Waals surface area contributed by atoms with E-state index in [0.717, 1.165) is 17.1 Å². The van der Waals surface area contributed by atoms with Gasteiger partial charge in [0, 0.05) is 44.3 Å². The van der Waals surface area contributed by atoms with Gasteiger partial charge in [-0.2, -0.15) is 0 Å². The van der Waals surface area contributed by atoms with Crippen molar-refractivity contribution in [3.8, 4) is 33.4 Å². The van der Waals surface area contributed by atoms with Gasteiger partial charge in [-0.1, -0.05) is 129 Å². The molecular formula is C45H34N2. The predicted molar refractivity (Wildman–Crippen MR) is 199 cm³/mol. The molecule has 0 radical (unpaired) electrons. The van der Waals surface area contributed by atoms with Gasteiger partial charge in [-0.25, -0.2) is 0 Å². The molecule has 0 fully saturated rings. The van der Waals surface area contributed by atoms with Crippen LogP contribution in [0.1, 0.15) is 25.0 Å². The first-order valence-electron chi connectivity index (χ1n) is 16.4. The summed E-state index contributed by atoms with van der Waals surface area (Å²) in [5, 5.41) is 2.53. The molecular weight excluding hydrogens is 569 g/mol. The average Bonchev–Trinajstić information content (AvgIpc) is 3.61. The van der Waals surface area contributed by atoms with Crippen molar-refractivity contribution in [2.24, 2.45) is 0 Å². The van der Waals surface area contributed by atoms with E-state index in [1.807, 2.05) is 0 Å². The number of rotatable bonds is 5. The van der Waals surface area contributed by atoms with Crippen molar-refractivity contribution in [1.29, 1.82) is 0 Å². The maximum atomic E-state index is 3.73. The molecule has 224 valence electrons. The van der Waals surface area contributed by atoms with E-state index in [-0.39, 0.29) is 5.41 Å². The molecule has 0 unspecified atom stereocenters. The average molecular weight is 603 g/mol. The molecule has 7 aromatic carbocycles. The minimum atomic E-state index is -0.215. The number of nitrogens with zero attached hydrogens (tertiary/aromatic N) is 1. The van der Waals surface area contributed by atoms with Crippen LogP contribution in [-0.4, -0.2) is 4.98 Å². The fraction of sp³-hybridized carbons (Fsp3) is 0.0667. The monoisotopic (exact) mass is 602 g/mol. The van der Waals surface area contributed by atoms with Crippen molar-refractivity contribution >= 4 is 38.9 Å². The third-order valence-corrected chi connectivity index (χ3v) is 9.98. The quantitative estimate of drug-likeness (QED) is 0.208. The number of hydrogen-bond acceptors (Lipinski definition) is 1. The van der Waals surface area contributed by atoms with E-state index in [9.17, 15) is 0 Å². The normalized spacial score (nSPS) is 13.1. The maximum Gasteiger partial charge on any atom is 0.0544 e. The van der Waals surface area contributed by atoms with Gasteiger partial charge in [-0.05, 0) is 87.5 Å². The van der Waals surface area contributed by atoms with Crippen LogP contribution in [0.4, 0.5) is 17.1 Å². The van der Waals surface area contributed by atoms with Crippen molar-refractivity contribution < 1.29 is 0 Å². The molecule has 0 bridgehead atoms. The smallest absolute Gasteiger partial charge is 0.0544 e. The van der Waals surface area contributed by atoms with E-state index in [0.29, 0.717) is 0 Å². The number of benzene rings is 7. The van der Waals surface area contributed by atoms with Crippen molar-refractivity contribution in [1.82, 2.24) is 4.98 Å². The summed E-state index contributed by atoms with van der Waals surface area (Å²) >= 11 is 0. The van der Waals surface area contributed by atoms with Gasteiger partial charge < -0.3 is 9.88 Å². The van der Waals surface area contributed by atoms with Crippen LogP contribution >= 0.6 is 0 Å². The van der Waals surface area contributed by atoms with Gasteiger partial charge in [-0.15, -0.1) is 0 Å². The molecule has 0 saturated heterocycles. The molecule has 9 rings (SSSR count). The summed E-state index contributed by atoms with van der Waals surface area (Å²) in [6.45, 7) is 4.78. The van der Waals surface area contributed by atoms with Crippen LogP contribution in [0.5, 0.6) is 0 Å². The number of fused-ring (bicyclic) bond motifs is 6. The second-order valence-electron chi connectivity index (χ2n) is 13.1. The Morgan fingerprint density at radius 2 is 1.09 bits per heavy atom. The second kappa shape index (κ2) is 10.6. The molecule has 1 aliphatic rings. The zero-order valence-corrected chi connectivity index (χ0v) is 26.5. The second-order valence-corrected chi connectivity index (χ2v) is 13.1. The molecule has 0 saturated carbocycles. The summed E-state index contributed by atoms with van der Waals surface area (Å²) < 4.78 is 0. The number of hydrogen-bond donors (Lipinski definition) is 1. The highest BCUT2D eigenvalue weighted by Crippen LogP contribution is 2.55. The number of para-hydroxylation sites is 4. The van der Waals surface area contributed by atoms with E-state index in [4.69, 9.17) is 0 Å². The minimum absolute atomic E-state index is 0.215. The molecule has 0 atom stereocenters.